The van der Waals surface area contributed by atoms with E-state index in [1.165, 1.54) is 5.56 Å². The van der Waals surface area contributed by atoms with Gasteiger partial charge in [0.05, 0.1) is 0 Å². The van der Waals surface area contributed by atoms with Gasteiger partial charge < -0.3 is 15.1 Å². The monoisotopic (exact) mass is 352 g/mol. The first kappa shape index (κ1) is 18.1. The van der Waals surface area contributed by atoms with Crippen LogP contribution < -0.4 is 10.2 Å². The maximum Gasteiger partial charge on any atom is 0.276 e. The Hall–Kier alpha value is -2.73. The molecule has 0 aliphatic carbocycles. The number of amides is 2. The van der Waals surface area contributed by atoms with Crippen molar-refractivity contribution >= 4 is 17.5 Å². The normalized spacial score (nSPS) is 13.4. The molecular formula is C20H24N4O2. The molecule has 1 aliphatic heterocycles. The van der Waals surface area contributed by atoms with E-state index in [1.54, 1.807) is 23.1 Å². The highest BCUT2D eigenvalue weighted by Crippen LogP contribution is 2.27. The van der Waals surface area contributed by atoms with Crippen LogP contribution in [0.4, 0.5) is 5.69 Å². The molecule has 0 saturated carbocycles. The summed E-state index contributed by atoms with van der Waals surface area (Å²) in [6, 6.07) is 12.9. The Balaban J connectivity index is 1.76. The van der Waals surface area contributed by atoms with Gasteiger partial charge in [0.25, 0.3) is 11.8 Å². The average molecular weight is 352 g/mol. The van der Waals surface area contributed by atoms with E-state index >= 15 is 0 Å². The molecule has 0 bridgehead atoms. The van der Waals surface area contributed by atoms with E-state index in [4.69, 9.17) is 0 Å². The Morgan fingerprint density at radius 3 is 2.69 bits per heavy atom. The van der Waals surface area contributed by atoms with Gasteiger partial charge in [-0.3, -0.25) is 9.59 Å². The van der Waals surface area contributed by atoms with Gasteiger partial charge in [0, 0.05) is 25.3 Å². The quantitative estimate of drug-likeness (QED) is 0.893. The number of nitrogens with one attached hydrogen (secondary N) is 1. The number of benzene rings is 1. The predicted molar refractivity (Wildman–Crippen MR) is 102 cm³/mol. The number of hydrogen-bond donors (Lipinski definition) is 1. The zero-order chi connectivity index (χ0) is 18.5. The summed E-state index contributed by atoms with van der Waals surface area (Å²) in [5, 5.41) is 2.82. The summed E-state index contributed by atoms with van der Waals surface area (Å²) in [5.41, 5.74) is 2.66. The molecule has 0 radical (unpaired) electrons. The minimum absolute atomic E-state index is 0.167. The van der Waals surface area contributed by atoms with Crippen LogP contribution in [0.15, 0.2) is 42.5 Å². The summed E-state index contributed by atoms with van der Waals surface area (Å²) in [7, 11) is 3.89. The van der Waals surface area contributed by atoms with Gasteiger partial charge in [0.2, 0.25) is 0 Å². The summed E-state index contributed by atoms with van der Waals surface area (Å²) < 4.78 is 0. The lowest BCUT2D eigenvalue weighted by molar-refractivity contribution is 0.0945. The molecule has 1 aromatic carbocycles. The van der Waals surface area contributed by atoms with Gasteiger partial charge in [0.1, 0.15) is 11.4 Å². The van der Waals surface area contributed by atoms with Crippen LogP contribution in [0.5, 0.6) is 0 Å². The van der Waals surface area contributed by atoms with Crippen LogP contribution in [0.3, 0.4) is 0 Å². The van der Waals surface area contributed by atoms with Crippen molar-refractivity contribution in [3.63, 3.8) is 0 Å². The van der Waals surface area contributed by atoms with E-state index in [9.17, 15) is 9.59 Å². The van der Waals surface area contributed by atoms with Crippen LogP contribution in [-0.4, -0.2) is 55.4 Å². The maximum absolute atomic E-state index is 13.0. The van der Waals surface area contributed by atoms with Crippen molar-refractivity contribution in [2.45, 2.75) is 12.8 Å². The molecule has 0 spiro atoms. The summed E-state index contributed by atoms with van der Waals surface area (Å²) in [6.45, 7) is 1.94. The Kier molecular flexibility index (Phi) is 5.63. The standard InChI is InChI=1S/C20H24N4O2/c1-23(2)14-12-21-19(25)16-9-5-10-17(22-16)20(26)24-13-6-8-15-7-3-4-11-18(15)24/h3-5,7,9-11H,6,8,12-14H2,1-2H3,(H,21,25). The van der Waals surface area contributed by atoms with Crippen molar-refractivity contribution < 1.29 is 9.59 Å². The van der Waals surface area contributed by atoms with E-state index in [2.05, 4.69) is 16.4 Å². The third kappa shape index (κ3) is 4.08. The molecule has 6 heteroatoms. The molecule has 2 heterocycles. The van der Waals surface area contributed by atoms with Crippen molar-refractivity contribution in [3.8, 4) is 0 Å². The van der Waals surface area contributed by atoms with E-state index in [1.807, 2.05) is 37.2 Å². The molecule has 6 nitrogen and oxygen atoms in total. The Bertz CT molecular complexity index is 804. The number of fused-ring (bicyclic) bond motifs is 1. The van der Waals surface area contributed by atoms with Crippen LogP contribution in [0.2, 0.25) is 0 Å². The van der Waals surface area contributed by atoms with Gasteiger partial charge in [0.15, 0.2) is 0 Å². The lowest BCUT2D eigenvalue weighted by atomic mass is 10.0. The van der Waals surface area contributed by atoms with Gasteiger partial charge in [-0.25, -0.2) is 4.98 Å². The number of carbonyl (C=O) groups excluding carboxylic acids is 2. The average Bonchev–Trinajstić information content (AvgIpc) is 2.66. The largest absolute Gasteiger partial charge is 0.349 e. The second-order valence-electron chi connectivity index (χ2n) is 6.66. The van der Waals surface area contributed by atoms with Crippen molar-refractivity contribution in [2.75, 3.05) is 38.6 Å². The second kappa shape index (κ2) is 8.10. The van der Waals surface area contributed by atoms with Gasteiger partial charge in [-0.1, -0.05) is 24.3 Å². The minimum atomic E-state index is -0.263. The molecule has 2 aromatic rings. The number of anilines is 1. The molecule has 2 amide bonds. The van der Waals surface area contributed by atoms with E-state index in [0.29, 0.717) is 18.8 Å². The number of para-hydroxylation sites is 1. The fraction of sp³-hybridized carbons (Fsp3) is 0.350. The first-order valence-corrected chi connectivity index (χ1v) is 8.86. The molecule has 0 fully saturated rings. The van der Waals surface area contributed by atoms with Crippen LogP contribution in [-0.2, 0) is 6.42 Å². The van der Waals surface area contributed by atoms with Crippen molar-refractivity contribution in [3.05, 3.63) is 59.4 Å². The van der Waals surface area contributed by atoms with Gasteiger partial charge in [-0.05, 0) is 50.7 Å². The molecule has 26 heavy (non-hydrogen) atoms. The number of likely N-dealkylation sites (N-methyl/N-ethyl adjacent to an activating group) is 1. The molecular weight excluding hydrogens is 328 g/mol. The number of rotatable bonds is 5. The number of pyridine rings is 1. The number of hydrogen-bond acceptors (Lipinski definition) is 4. The minimum Gasteiger partial charge on any atom is -0.349 e. The van der Waals surface area contributed by atoms with Crippen molar-refractivity contribution in [1.29, 1.82) is 0 Å². The smallest absolute Gasteiger partial charge is 0.276 e. The number of nitrogens with zero attached hydrogens (tertiary/aromatic N) is 3. The zero-order valence-corrected chi connectivity index (χ0v) is 15.2. The zero-order valence-electron chi connectivity index (χ0n) is 15.2. The van der Waals surface area contributed by atoms with E-state index < -0.39 is 0 Å². The maximum atomic E-state index is 13.0. The summed E-state index contributed by atoms with van der Waals surface area (Å²) in [5.74, 6) is -0.430. The summed E-state index contributed by atoms with van der Waals surface area (Å²) in [6.07, 6.45) is 1.90. The molecule has 0 unspecified atom stereocenters. The van der Waals surface area contributed by atoms with Crippen LogP contribution in [0, 0.1) is 0 Å². The Morgan fingerprint density at radius 2 is 1.88 bits per heavy atom. The lowest BCUT2D eigenvalue weighted by Gasteiger charge is -2.29. The highest BCUT2D eigenvalue weighted by atomic mass is 16.2. The molecule has 1 aliphatic rings. The lowest BCUT2D eigenvalue weighted by Crippen LogP contribution is -2.36. The second-order valence-corrected chi connectivity index (χ2v) is 6.66. The van der Waals surface area contributed by atoms with Gasteiger partial charge >= 0.3 is 0 Å². The summed E-state index contributed by atoms with van der Waals surface area (Å²) in [4.78, 5) is 33.3. The Labute approximate surface area is 153 Å². The SMILES string of the molecule is CN(C)CCNC(=O)c1cccc(C(=O)N2CCCc3ccccc32)n1. The van der Waals surface area contributed by atoms with Crippen molar-refractivity contribution in [1.82, 2.24) is 15.2 Å². The van der Waals surface area contributed by atoms with Gasteiger partial charge in [-0.2, -0.15) is 0 Å². The first-order chi connectivity index (χ1) is 12.6. The highest BCUT2D eigenvalue weighted by Gasteiger charge is 2.24. The van der Waals surface area contributed by atoms with Crippen LogP contribution >= 0.6 is 0 Å². The number of carbonyl (C=O) groups is 2. The number of aryl methyl sites for hydroxylation is 1. The van der Waals surface area contributed by atoms with E-state index in [0.717, 1.165) is 25.1 Å². The Morgan fingerprint density at radius 1 is 1.12 bits per heavy atom. The fourth-order valence-corrected chi connectivity index (χ4v) is 3.05. The predicted octanol–water partition coefficient (Wildman–Crippen LogP) is 1.97. The molecule has 1 N–H and O–H groups in total. The third-order valence-electron chi connectivity index (χ3n) is 4.40. The molecule has 0 atom stereocenters. The molecule has 1 aromatic heterocycles. The molecule has 0 saturated heterocycles. The third-order valence-corrected chi connectivity index (χ3v) is 4.40. The van der Waals surface area contributed by atoms with E-state index in [-0.39, 0.29) is 17.5 Å². The summed E-state index contributed by atoms with van der Waals surface area (Å²) >= 11 is 0. The first-order valence-electron chi connectivity index (χ1n) is 8.86. The van der Waals surface area contributed by atoms with Gasteiger partial charge in [-0.15, -0.1) is 0 Å². The molecule has 136 valence electrons. The van der Waals surface area contributed by atoms with Crippen LogP contribution in [0.25, 0.3) is 0 Å². The van der Waals surface area contributed by atoms with Crippen LogP contribution in [0.1, 0.15) is 33.0 Å². The highest BCUT2D eigenvalue weighted by molar-refractivity contribution is 6.06. The number of aromatic nitrogens is 1. The topological polar surface area (TPSA) is 65.5 Å². The van der Waals surface area contributed by atoms with Crippen molar-refractivity contribution in [2.24, 2.45) is 0 Å². The fourth-order valence-electron chi connectivity index (χ4n) is 3.05. The molecule has 3 rings (SSSR count).